The minimum atomic E-state index is 0.229. The highest BCUT2D eigenvalue weighted by Gasteiger charge is 2.20. The van der Waals surface area contributed by atoms with Crippen molar-refractivity contribution >= 4 is 29.3 Å². The van der Waals surface area contributed by atoms with Crippen LogP contribution in [0.15, 0.2) is 29.2 Å². The average molecular weight is 284 g/mol. The molecule has 0 unspecified atom stereocenters. The van der Waals surface area contributed by atoms with Crippen molar-refractivity contribution in [2.24, 2.45) is 5.92 Å². The normalized spacial score (nSPS) is 16.9. The Kier molecular flexibility index (Phi) is 4.95. The first-order valence-corrected chi connectivity index (χ1v) is 7.68. The van der Waals surface area contributed by atoms with E-state index < -0.39 is 0 Å². The standard InChI is InChI=1S/C14H18ClNOS/c1-11-6-8-16(9-7-11)14(17)10-18-13-5-3-2-4-12(13)15/h2-5,11H,6-10H2,1H3. The molecule has 4 heteroatoms. The van der Waals surface area contributed by atoms with Crippen molar-refractivity contribution in [3.05, 3.63) is 29.3 Å². The average Bonchev–Trinajstić information content (AvgIpc) is 2.38. The number of thioether (sulfide) groups is 1. The van der Waals surface area contributed by atoms with Crippen molar-refractivity contribution in [1.82, 2.24) is 4.90 Å². The topological polar surface area (TPSA) is 20.3 Å². The fourth-order valence-electron chi connectivity index (χ4n) is 2.05. The molecule has 0 aromatic heterocycles. The predicted octanol–water partition coefficient (Wildman–Crippen LogP) is 3.69. The summed E-state index contributed by atoms with van der Waals surface area (Å²) in [5.41, 5.74) is 0. The lowest BCUT2D eigenvalue weighted by Crippen LogP contribution is -2.38. The number of likely N-dealkylation sites (tertiary alicyclic amines) is 1. The smallest absolute Gasteiger partial charge is 0.232 e. The molecule has 1 heterocycles. The number of rotatable bonds is 3. The lowest BCUT2D eigenvalue weighted by Gasteiger charge is -2.30. The van der Waals surface area contributed by atoms with Crippen LogP contribution < -0.4 is 0 Å². The molecule has 1 amide bonds. The summed E-state index contributed by atoms with van der Waals surface area (Å²) in [6.07, 6.45) is 2.25. The summed E-state index contributed by atoms with van der Waals surface area (Å²) in [5.74, 6) is 1.47. The van der Waals surface area contributed by atoms with E-state index in [0.717, 1.165) is 41.8 Å². The SMILES string of the molecule is CC1CCN(C(=O)CSc2ccccc2Cl)CC1. The quantitative estimate of drug-likeness (QED) is 0.789. The molecule has 98 valence electrons. The van der Waals surface area contributed by atoms with Crippen LogP contribution in [0.3, 0.4) is 0 Å². The van der Waals surface area contributed by atoms with E-state index in [9.17, 15) is 4.79 Å². The van der Waals surface area contributed by atoms with Crippen molar-refractivity contribution in [3.63, 3.8) is 0 Å². The second-order valence-electron chi connectivity index (χ2n) is 4.78. The van der Waals surface area contributed by atoms with Gasteiger partial charge in [-0.05, 0) is 30.9 Å². The van der Waals surface area contributed by atoms with Crippen LogP contribution in [-0.4, -0.2) is 29.6 Å². The van der Waals surface area contributed by atoms with Gasteiger partial charge in [-0.1, -0.05) is 30.7 Å². The molecule has 1 aliphatic heterocycles. The van der Waals surface area contributed by atoms with Gasteiger partial charge in [-0.25, -0.2) is 0 Å². The van der Waals surface area contributed by atoms with Gasteiger partial charge in [0.25, 0.3) is 0 Å². The maximum absolute atomic E-state index is 12.1. The third-order valence-electron chi connectivity index (χ3n) is 3.32. The number of carbonyl (C=O) groups excluding carboxylic acids is 1. The Morgan fingerprint density at radius 1 is 1.39 bits per heavy atom. The van der Waals surface area contributed by atoms with Gasteiger partial charge in [0.15, 0.2) is 0 Å². The van der Waals surface area contributed by atoms with E-state index in [1.165, 1.54) is 11.8 Å². The van der Waals surface area contributed by atoms with E-state index in [0.29, 0.717) is 5.75 Å². The van der Waals surface area contributed by atoms with Crippen LogP contribution in [0.25, 0.3) is 0 Å². The van der Waals surface area contributed by atoms with Crippen molar-refractivity contribution in [1.29, 1.82) is 0 Å². The summed E-state index contributed by atoms with van der Waals surface area (Å²) in [6, 6.07) is 7.66. The first-order chi connectivity index (χ1) is 8.66. The zero-order valence-electron chi connectivity index (χ0n) is 10.6. The van der Waals surface area contributed by atoms with Crippen molar-refractivity contribution in [3.8, 4) is 0 Å². The molecule has 18 heavy (non-hydrogen) atoms. The maximum atomic E-state index is 12.1. The molecule has 1 aromatic rings. The largest absolute Gasteiger partial charge is 0.342 e. The molecule has 0 bridgehead atoms. The zero-order chi connectivity index (χ0) is 13.0. The van der Waals surface area contributed by atoms with Crippen molar-refractivity contribution in [2.75, 3.05) is 18.8 Å². The molecular formula is C14H18ClNOS. The third-order valence-corrected chi connectivity index (χ3v) is 4.82. The molecule has 0 spiro atoms. The Hall–Kier alpha value is -0.670. The van der Waals surface area contributed by atoms with Crippen LogP contribution in [0.1, 0.15) is 19.8 Å². The summed E-state index contributed by atoms with van der Waals surface area (Å²) in [5, 5.41) is 0.725. The summed E-state index contributed by atoms with van der Waals surface area (Å²) < 4.78 is 0. The van der Waals surface area contributed by atoms with Gasteiger partial charge in [0.2, 0.25) is 5.91 Å². The number of carbonyl (C=O) groups is 1. The monoisotopic (exact) mass is 283 g/mol. The molecule has 0 atom stereocenters. The lowest BCUT2D eigenvalue weighted by molar-refractivity contribution is -0.129. The number of halogens is 1. The zero-order valence-corrected chi connectivity index (χ0v) is 12.1. The first kappa shape index (κ1) is 13.8. The molecule has 1 aromatic carbocycles. The number of nitrogens with zero attached hydrogens (tertiary/aromatic N) is 1. The van der Waals surface area contributed by atoms with Crippen molar-refractivity contribution < 1.29 is 4.79 Å². The number of amides is 1. The second-order valence-corrected chi connectivity index (χ2v) is 6.21. The van der Waals surface area contributed by atoms with Gasteiger partial charge < -0.3 is 4.90 Å². The number of piperidine rings is 1. The van der Waals surface area contributed by atoms with E-state index >= 15 is 0 Å². The van der Waals surface area contributed by atoms with Crippen LogP contribution in [0.2, 0.25) is 5.02 Å². The molecule has 0 radical (unpaired) electrons. The summed E-state index contributed by atoms with van der Waals surface area (Å²) in [7, 11) is 0. The minimum Gasteiger partial charge on any atom is -0.342 e. The number of hydrogen-bond acceptors (Lipinski definition) is 2. The Morgan fingerprint density at radius 3 is 2.72 bits per heavy atom. The molecule has 2 nitrogen and oxygen atoms in total. The van der Waals surface area contributed by atoms with Gasteiger partial charge in [0.05, 0.1) is 10.8 Å². The molecule has 0 aliphatic carbocycles. The Balaban J connectivity index is 1.83. The molecule has 2 rings (SSSR count). The Labute approximate surface area is 118 Å². The van der Waals surface area contributed by atoms with Gasteiger partial charge in [-0.3, -0.25) is 4.79 Å². The first-order valence-electron chi connectivity index (χ1n) is 6.32. The van der Waals surface area contributed by atoms with Crippen LogP contribution in [0, 0.1) is 5.92 Å². The van der Waals surface area contributed by atoms with E-state index in [1.54, 1.807) is 0 Å². The maximum Gasteiger partial charge on any atom is 0.232 e. The summed E-state index contributed by atoms with van der Waals surface area (Å²) in [6.45, 7) is 4.06. The van der Waals surface area contributed by atoms with Crippen LogP contribution in [-0.2, 0) is 4.79 Å². The molecule has 0 N–H and O–H groups in total. The van der Waals surface area contributed by atoms with Crippen molar-refractivity contribution in [2.45, 2.75) is 24.7 Å². The van der Waals surface area contributed by atoms with E-state index in [-0.39, 0.29) is 5.91 Å². The van der Waals surface area contributed by atoms with Gasteiger partial charge in [-0.15, -0.1) is 11.8 Å². The van der Waals surface area contributed by atoms with E-state index in [2.05, 4.69) is 6.92 Å². The number of hydrogen-bond donors (Lipinski definition) is 0. The lowest BCUT2D eigenvalue weighted by atomic mass is 9.99. The Morgan fingerprint density at radius 2 is 2.06 bits per heavy atom. The molecular weight excluding hydrogens is 266 g/mol. The molecule has 1 saturated heterocycles. The second kappa shape index (κ2) is 6.48. The minimum absolute atomic E-state index is 0.229. The molecule has 1 aliphatic rings. The number of benzene rings is 1. The van der Waals surface area contributed by atoms with Crippen LogP contribution in [0.5, 0.6) is 0 Å². The van der Waals surface area contributed by atoms with Gasteiger partial charge in [0.1, 0.15) is 0 Å². The van der Waals surface area contributed by atoms with Gasteiger partial charge in [0, 0.05) is 18.0 Å². The summed E-state index contributed by atoms with van der Waals surface area (Å²) in [4.78, 5) is 15.0. The van der Waals surface area contributed by atoms with Crippen LogP contribution >= 0.6 is 23.4 Å². The molecule has 1 fully saturated rings. The van der Waals surface area contributed by atoms with Gasteiger partial charge in [-0.2, -0.15) is 0 Å². The van der Waals surface area contributed by atoms with Gasteiger partial charge >= 0.3 is 0 Å². The predicted molar refractivity (Wildman–Crippen MR) is 77.2 cm³/mol. The highest BCUT2D eigenvalue weighted by molar-refractivity contribution is 8.00. The highest BCUT2D eigenvalue weighted by Crippen LogP contribution is 2.27. The van der Waals surface area contributed by atoms with E-state index in [4.69, 9.17) is 11.6 Å². The van der Waals surface area contributed by atoms with E-state index in [1.807, 2.05) is 29.2 Å². The fraction of sp³-hybridized carbons (Fsp3) is 0.500. The highest BCUT2D eigenvalue weighted by atomic mass is 35.5. The van der Waals surface area contributed by atoms with Crippen LogP contribution in [0.4, 0.5) is 0 Å². The molecule has 0 saturated carbocycles. The fourth-order valence-corrected chi connectivity index (χ4v) is 3.19. The summed E-state index contributed by atoms with van der Waals surface area (Å²) >= 11 is 7.59. The Bertz CT molecular complexity index is 416. The third kappa shape index (κ3) is 3.66.